The molecule has 0 aromatic heterocycles. The molecule has 0 bridgehead atoms. The molecular formula is C26H33ClO2. The van der Waals surface area contributed by atoms with Crippen LogP contribution in [-0.2, 0) is 4.79 Å². The van der Waals surface area contributed by atoms with Crippen LogP contribution in [-0.4, -0.2) is 17.0 Å². The van der Waals surface area contributed by atoms with E-state index in [9.17, 15) is 9.90 Å². The quantitative estimate of drug-likeness (QED) is 0.549. The maximum Gasteiger partial charge on any atom is 0.165 e. The molecule has 7 atom stereocenters. The fourth-order valence-corrected chi connectivity index (χ4v) is 8.01. The third-order valence-electron chi connectivity index (χ3n) is 9.51. The number of hydrogen-bond donors (Lipinski definition) is 1. The lowest BCUT2D eigenvalue weighted by Gasteiger charge is -2.59. The summed E-state index contributed by atoms with van der Waals surface area (Å²) in [6, 6.07) is 7.84. The van der Waals surface area contributed by atoms with Gasteiger partial charge in [0.15, 0.2) is 5.78 Å². The molecule has 0 heterocycles. The van der Waals surface area contributed by atoms with Crippen molar-refractivity contribution in [3.8, 4) is 0 Å². The molecule has 0 aliphatic heterocycles. The summed E-state index contributed by atoms with van der Waals surface area (Å²) in [5.41, 5.74) is 2.10. The molecule has 29 heavy (non-hydrogen) atoms. The molecule has 1 aromatic rings. The zero-order chi connectivity index (χ0) is 20.4. The Morgan fingerprint density at radius 3 is 2.66 bits per heavy atom. The van der Waals surface area contributed by atoms with Crippen LogP contribution in [0.4, 0.5) is 0 Å². The Balaban J connectivity index is 1.46. The second-order valence-corrected chi connectivity index (χ2v) is 11.2. The zero-order valence-corrected chi connectivity index (χ0v) is 18.4. The standard InChI is InChI=1S/C26H33ClO2/c1-25-11-9-19(28)15-18(25)7-8-20-21(25)10-12-26(2)22(20)14-17(24(26)29)13-16-5-3-4-6-23(16)27/h3-6,13,18-22,28H,7-12,14-15H2,1-2H3/b17-13+/t18-,19-,20-,21+,22+,25+,26+/m1/s1. The van der Waals surface area contributed by atoms with Gasteiger partial charge in [-0.15, -0.1) is 0 Å². The van der Waals surface area contributed by atoms with Gasteiger partial charge in [0.25, 0.3) is 0 Å². The zero-order valence-electron chi connectivity index (χ0n) is 17.7. The average Bonchev–Trinajstić information content (AvgIpc) is 2.95. The molecule has 4 saturated carbocycles. The van der Waals surface area contributed by atoms with Crippen molar-refractivity contribution in [2.45, 2.75) is 71.3 Å². The van der Waals surface area contributed by atoms with E-state index in [0.717, 1.165) is 48.3 Å². The Bertz CT molecular complexity index is 860. The molecule has 1 N–H and O–H groups in total. The number of allylic oxidation sites excluding steroid dienone is 1. The summed E-state index contributed by atoms with van der Waals surface area (Å²) in [5, 5.41) is 10.9. The first kappa shape index (κ1) is 19.8. The summed E-state index contributed by atoms with van der Waals surface area (Å²) in [6.07, 6.45) is 10.6. The Morgan fingerprint density at radius 2 is 1.86 bits per heavy atom. The number of benzene rings is 1. The molecule has 4 aliphatic rings. The average molecular weight is 413 g/mol. The highest BCUT2D eigenvalue weighted by atomic mass is 35.5. The molecule has 1 aromatic carbocycles. The first-order valence-corrected chi connectivity index (χ1v) is 11.9. The summed E-state index contributed by atoms with van der Waals surface area (Å²) < 4.78 is 0. The minimum atomic E-state index is -0.203. The van der Waals surface area contributed by atoms with Gasteiger partial charge in [0, 0.05) is 10.4 Å². The van der Waals surface area contributed by atoms with Gasteiger partial charge in [0.05, 0.1) is 6.10 Å². The SMILES string of the molecule is C[C@]12CC[C@@H](O)C[C@H]1CC[C@@H]1[C@@H]2CC[C@]2(C)C(=O)/C(=C/c3ccccc3Cl)C[C@@H]12. The maximum atomic E-state index is 13.5. The minimum absolute atomic E-state index is 0.100. The van der Waals surface area contributed by atoms with E-state index in [1.165, 1.54) is 19.3 Å². The van der Waals surface area contributed by atoms with Crippen LogP contribution >= 0.6 is 11.6 Å². The van der Waals surface area contributed by atoms with Gasteiger partial charge in [0.2, 0.25) is 0 Å². The Labute approximate surface area is 179 Å². The normalized spacial score (nSPS) is 45.6. The van der Waals surface area contributed by atoms with E-state index in [4.69, 9.17) is 11.6 Å². The number of aliphatic hydroxyl groups excluding tert-OH is 1. The number of ketones is 1. The highest BCUT2D eigenvalue weighted by molar-refractivity contribution is 6.32. The smallest absolute Gasteiger partial charge is 0.165 e. The van der Waals surface area contributed by atoms with Crippen molar-refractivity contribution < 1.29 is 9.90 Å². The molecule has 0 radical (unpaired) electrons. The third-order valence-corrected chi connectivity index (χ3v) is 9.86. The second-order valence-electron chi connectivity index (χ2n) is 10.8. The summed E-state index contributed by atoms with van der Waals surface area (Å²) in [6.45, 7) is 4.74. The summed E-state index contributed by atoms with van der Waals surface area (Å²) in [7, 11) is 0. The number of halogens is 1. The van der Waals surface area contributed by atoms with Crippen LogP contribution < -0.4 is 0 Å². The molecular weight excluding hydrogens is 380 g/mol. The lowest BCUT2D eigenvalue weighted by Crippen LogP contribution is -2.54. The topological polar surface area (TPSA) is 37.3 Å². The van der Waals surface area contributed by atoms with Gasteiger partial charge >= 0.3 is 0 Å². The number of aliphatic hydroxyl groups is 1. The number of Topliss-reactive ketones (excluding diaryl/α,β-unsaturated/α-hetero) is 1. The van der Waals surface area contributed by atoms with Crippen LogP contribution in [0.15, 0.2) is 29.8 Å². The van der Waals surface area contributed by atoms with Crippen molar-refractivity contribution >= 4 is 23.5 Å². The van der Waals surface area contributed by atoms with E-state index in [0.29, 0.717) is 34.9 Å². The van der Waals surface area contributed by atoms with Crippen molar-refractivity contribution in [3.63, 3.8) is 0 Å². The molecule has 3 heteroatoms. The van der Waals surface area contributed by atoms with Crippen molar-refractivity contribution in [3.05, 3.63) is 40.4 Å². The molecule has 0 amide bonds. The number of fused-ring (bicyclic) bond motifs is 5. The predicted molar refractivity (Wildman–Crippen MR) is 118 cm³/mol. The summed E-state index contributed by atoms with van der Waals surface area (Å²) in [5.74, 6) is 2.84. The highest BCUT2D eigenvalue weighted by Gasteiger charge is 2.61. The molecule has 5 rings (SSSR count). The summed E-state index contributed by atoms with van der Waals surface area (Å²) in [4.78, 5) is 13.5. The number of rotatable bonds is 1. The summed E-state index contributed by atoms with van der Waals surface area (Å²) >= 11 is 6.38. The fourth-order valence-electron chi connectivity index (χ4n) is 7.81. The Hall–Kier alpha value is -1.12. The number of hydrogen-bond acceptors (Lipinski definition) is 2. The van der Waals surface area contributed by atoms with Crippen molar-refractivity contribution in [2.75, 3.05) is 0 Å². The van der Waals surface area contributed by atoms with Crippen LogP contribution in [0.2, 0.25) is 5.02 Å². The first-order valence-electron chi connectivity index (χ1n) is 11.5. The van der Waals surface area contributed by atoms with E-state index >= 15 is 0 Å². The molecule has 2 nitrogen and oxygen atoms in total. The van der Waals surface area contributed by atoms with E-state index in [-0.39, 0.29) is 11.5 Å². The van der Waals surface area contributed by atoms with Crippen LogP contribution in [0.5, 0.6) is 0 Å². The van der Waals surface area contributed by atoms with Gasteiger partial charge in [-0.05, 0) is 104 Å². The predicted octanol–water partition coefficient (Wildman–Crippen LogP) is 6.31. The van der Waals surface area contributed by atoms with Crippen molar-refractivity contribution in [1.82, 2.24) is 0 Å². The molecule has 156 valence electrons. The van der Waals surface area contributed by atoms with Crippen LogP contribution in [0.3, 0.4) is 0 Å². The maximum absolute atomic E-state index is 13.5. The molecule has 4 fully saturated rings. The van der Waals surface area contributed by atoms with Crippen LogP contribution in [0.25, 0.3) is 6.08 Å². The van der Waals surface area contributed by atoms with Gasteiger partial charge in [0.1, 0.15) is 0 Å². The molecule has 0 unspecified atom stereocenters. The minimum Gasteiger partial charge on any atom is -0.393 e. The monoisotopic (exact) mass is 412 g/mol. The van der Waals surface area contributed by atoms with Gasteiger partial charge in [-0.25, -0.2) is 0 Å². The fraction of sp³-hybridized carbons (Fsp3) is 0.654. The van der Waals surface area contributed by atoms with E-state index < -0.39 is 0 Å². The van der Waals surface area contributed by atoms with Crippen LogP contribution in [0, 0.1) is 34.5 Å². The Morgan fingerprint density at radius 1 is 1.07 bits per heavy atom. The van der Waals surface area contributed by atoms with E-state index in [1.807, 2.05) is 24.3 Å². The van der Waals surface area contributed by atoms with Crippen LogP contribution in [0.1, 0.15) is 70.8 Å². The van der Waals surface area contributed by atoms with E-state index in [2.05, 4.69) is 19.9 Å². The molecule has 0 saturated heterocycles. The number of carbonyl (C=O) groups is 1. The van der Waals surface area contributed by atoms with Gasteiger partial charge in [-0.1, -0.05) is 43.6 Å². The molecule has 4 aliphatic carbocycles. The van der Waals surface area contributed by atoms with Gasteiger partial charge < -0.3 is 5.11 Å². The van der Waals surface area contributed by atoms with Gasteiger partial charge in [-0.2, -0.15) is 0 Å². The van der Waals surface area contributed by atoms with Gasteiger partial charge in [-0.3, -0.25) is 4.79 Å². The first-order chi connectivity index (χ1) is 13.8. The second kappa shape index (κ2) is 6.95. The lowest BCUT2D eigenvalue weighted by atomic mass is 9.45. The van der Waals surface area contributed by atoms with Crippen molar-refractivity contribution in [1.29, 1.82) is 0 Å². The third kappa shape index (κ3) is 2.97. The number of carbonyl (C=O) groups excluding carboxylic acids is 1. The Kier molecular flexibility index (Phi) is 4.75. The highest BCUT2D eigenvalue weighted by Crippen LogP contribution is 2.66. The lowest BCUT2D eigenvalue weighted by molar-refractivity contribution is -0.141. The van der Waals surface area contributed by atoms with Crippen molar-refractivity contribution in [2.24, 2.45) is 34.5 Å². The molecule has 0 spiro atoms. The largest absolute Gasteiger partial charge is 0.393 e. The van der Waals surface area contributed by atoms with E-state index in [1.54, 1.807) is 0 Å².